The average molecular weight is 360 g/mol. The highest BCUT2D eigenvalue weighted by Crippen LogP contribution is 2.40. The van der Waals surface area contributed by atoms with E-state index in [2.05, 4.69) is 4.98 Å². The molecule has 0 saturated carbocycles. The van der Waals surface area contributed by atoms with Crippen LogP contribution < -0.4 is 0 Å². The molecule has 0 saturated heterocycles. The maximum atomic E-state index is 12.7. The van der Waals surface area contributed by atoms with Crippen LogP contribution >= 0.6 is 23.2 Å². The van der Waals surface area contributed by atoms with Crippen molar-refractivity contribution in [1.29, 1.82) is 0 Å². The molecule has 2 aromatic rings. The van der Waals surface area contributed by atoms with Gasteiger partial charge in [0, 0.05) is 5.56 Å². The normalized spacial score (nSPS) is 12.5. The van der Waals surface area contributed by atoms with Crippen LogP contribution in [0.25, 0.3) is 11.1 Å². The fourth-order valence-corrected chi connectivity index (χ4v) is 2.39. The highest BCUT2D eigenvalue weighted by molar-refractivity contribution is 6.38. The van der Waals surface area contributed by atoms with Crippen molar-refractivity contribution in [3.05, 3.63) is 51.8 Å². The van der Waals surface area contributed by atoms with Gasteiger partial charge in [-0.05, 0) is 23.8 Å². The number of rotatable bonds is 1. The van der Waals surface area contributed by atoms with E-state index in [4.69, 9.17) is 23.2 Å². The number of hydrogen-bond acceptors (Lipinski definition) is 1. The van der Waals surface area contributed by atoms with Gasteiger partial charge in [0.05, 0.1) is 10.6 Å². The van der Waals surface area contributed by atoms with Gasteiger partial charge < -0.3 is 0 Å². The second kappa shape index (κ2) is 5.62. The van der Waals surface area contributed by atoms with Gasteiger partial charge in [0.25, 0.3) is 0 Å². The predicted octanol–water partition coefficient (Wildman–Crippen LogP) is 6.09. The monoisotopic (exact) mass is 359 g/mol. The molecule has 9 heteroatoms. The maximum Gasteiger partial charge on any atom is 0.433 e. The van der Waals surface area contributed by atoms with Gasteiger partial charge in [-0.25, -0.2) is 4.98 Å². The third-order valence-corrected chi connectivity index (χ3v) is 3.27. The lowest BCUT2D eigenvalue weighted by Gasteiger charge is -2.13. The Kier molecular flexibility index (Phi) is 4.32. The lowest BCUT2D eigenvalue weighted by atomic mass is 10.0. The third-order valence-electron chi connectivity index (χ3n) is 2.70. The SMILES string of the molecule is FC(F)(F)c1cccc(-c2c(Cl)cc(C(F)(F)F)nc2Cl)c1. The molecule has 1 heterocycles. The first kappa shape index (κ1) is 16.9. The van der Waals surface area contributed by atoms with Gasteiger partial charge in [-0.3, -0.25) is 0 Å². The van der Waals surface area contributed by atoms with Gasteiger partial charge in [-0.2, -0.15) is 26.3 Å². The third kappa shape index (κ3) is 3.47. The molecule has 0 N–H and O–H groups in total. The molecule has 0 unspecified atom stereocenters. The maximum absolute atomic E-state index is 12.7. The fraction of sp³-hybridized carbons (Fsp3) is 0.154. The van der Waals surface area contributed by atoms with Crippen LogP contribution in [0, 0.1) is 0 Å². The van der Waals surface area contributed by atoms with Gasteiger partial charge >= 0.3 is 12.4 Å². The highest BCUT2D eigenvalue weighted by atomic mass is 35.5. The summed E-state index contributed by atoms with van der Waals surface area (Å²) in [6.07, 6.45) is -9.37. The summed E-state index contributed by atoms with van der Waals surface area (Å²) in [7, 11) is 0. The lowest BCUT2D eigenvalue weighted by molar-refractivity contribution is -0.141. The zero-order chi connectivity index (χ0) is 16.7. The standard InChI is InChI=1S/C13H5Cl2F6N/c14-8-5-9(13(19,20)21)22-11(15)10(8)6-2-1-3-7(4-6)12(16,17)18/h1-5H. The molecule has 0 aliphatic heterocycles. The van der Waals surface area contributed by atoms with Crippen molar-refractivity contribution >= 4 is 23.2 Å². The van der Waals surface area contributed by atoms with Crippen LogP contribution in [-0.4, -0.2) is 4.98 Å². The van der Waals surface area contributed by atoms with Gasteiger partial charge in [0.1, 0.15) is 10.8 Å². The van der Waals surface area contributed by atoms with Crippen LogP contribution in [0.2, 0.25) is 10.2 Å². The molecular weight excluding hydrogens is 355 g/mol. The van der Waals surface area contributed by atoms with E-state index in [-0.39, 0.29) is 11.1 Å². The highest BCUT2D eigenvalue weighted by Gasteiger charge is 2.34. The molecule has 1 aromatic heterocycles. The van der Waals surface area contributed by atoms with E-state index in [0.717, 1.165) is 18.2 Å². The zero-order valence-corrected chi connectivity index (χ0v) is 11.9. The number of aromatic nitrogens is 1. The number of benzene rings is 1. The summed E-state index contributed by atoms with van der Waals surface area (Å²) in [5.74, 6) is 0. The van der Waals surface area contributed by atoms with Crippen LogP contribution in [0.3, 0.4) is 0 Å². The number of alkyl halides is 6. The second-order valence-electron chi connectivity index (χ2n) is 4.23. The predicted molar refractivity (Wildman–Crippen MR) is 69.7 cm³/mol. The van der Waals surface area contributed by atoms with Crippen LogP contribution in [0.5, 0.6) is 0 Å². The summed E-state index contributed by atoms with van der Waals surface area (Å²) in [6, 6.07) is 4.42. The minimum Gasteiger partial charge on any atom is -0.231 e. The molecule has 2 rings (SSSR count). The van der Waals surface area contributed by atoms with Crippen molar-refractivity contribution in [3.8, 4) is 11.1 Å². The average Bonchev–Trinajstić information content (AvgIpc) is 2.36. The van der Waals surface area contributed by atoms with E-state index < -0.39 is 33.8 Å². The molecule has 1 nitrogen and oxygen atoms in total. The lowest BCUT2D eigenvalue weighted by Crippen LogP contribution is -2.09. The first-order chi connectivity index (χ1) is 10.00. The molecule has 0 fully saturated rings. The largest absolute Gasteiger partial charge is 0.433 e. The molecule has 0 radical (unpaired) electrons. The fourth-order valence-electron chi connectivity index (χ4n) is 1.74. The topological polar surface area (TPSA) is 12.9 Å². The molecule has 0 aliphatic carbocycles. The first-order valence-corrected chi connectivity index (χ1v) is 6.36. The minimum atomic E-state index is -4.76. The van der Waals surface area contributed by atoms with E-state index in [1.165, 1.54) is 6.07 Å². The van der Waals surface area contributed by atoms with Crippen LogP contribution in [0.4, 0.5) is 26.3 Å². The molecule has 0 bridgehead atoms. The van der Waals surface area contributed by atoms with Crippen molar-refractivity contribution in [1.82, 2.24) is 4.98 Å². The van der Waals surface area contributed by atoms with Crippen LogP contribution in [0.1, 0.15) is 11.3 Å². The van der Waals surface area contributed by atoms with E-state index in [9.17, 15) is 26.3 Å². The Labute approximate surface area is 130 Å². The molecule has 0 aliphatic rings. The number of hydrogen-bond donors (Lipinski definition) is 0. The summed E-state index contributed by atoms with van der Waals surface area (Å²) < 4.78 is 75.7. The quantitative estimate of drug-likeness (QED) is 0.443. The minimum absolute atomic E-state index is 0.0777. The van der Waals surface area contributed by atoms with Gasteiger partial charge in [0.15, 0.2) is 0 Å². The van der Waals surface area contributed by atoms with Crippen LogP contribution in [-0.2, 0) is 12.4 Å². The number of halogens is 8. The Balaban J connectivity index is 2.59. The zero-order valence-electron chi connectivity index (χ0n) is 10.4. The Morgan fingerprint density at radius 2 is 1.50 bits per heavy atom. The number of nitrogens with zero attached hydrogens (tertiary/aromatic N) is 1. The van der Waals surface area contributed by atoms with Crippen LogP contribution in [0.15, 0.2) is 30.3 Å². The Bertz CT molecular complexity index is 685. The van der Waals surface area contributed by atoms with E-state index in [1.54, 1.807) is 0 Å². The second-order valence-corrected chi connectivity index (χ2v) is 5.00. The molecule has 22 heavy (non-hydrogen) atoms. The molecule has 0 amide bonds. The van der Waals surface area contributed by atoms with Crippen molar-refractivity contribution < 1.29 is 26.3 Å². The van der Waals surface area contributed by atoms with Gasteiger partial charge in [-0.15, -0.1) is 0 Å². The van der Waals surface area contributed by atoms with E-state index in [1.807, 2.05) is 0 Å². The van der Waals surface area contributed by atoms with E-state index in [0.29, 0.717) is 6.07 Å². The molecule has 0 spiro atoms. The molecular formula is C13H5Cl2F6N. The van der Waals surface area contributed by atoms with Crippen molar-refractivity contribution in [3.63, 3.8) is 0 Å². The summed E-state index contributed by atoms with van der Waals surface area (Å²) >= 11 is 11.4. The summed E-state index contributed by atoms with van der Waals surface area (Å²) in [6.45, 7) is 0. The summed E-state index contributed by atoms with van der Waals surface area (Å²) in [5, 5.41) is -1.06. The number of pyridine rings is 1. The van der Waals surface area contributed by atoms with E-state index >= 15 is 0 Å². The van der Waals surface area contributed by atoms with Gasteiger partial charge in [0.2, 0.25) is 0 Å². The summed E-state index contributed by atoms with van der Waals surface area (Å²) in [4.78, 5) is 3.15. The smallest absolute Gasteiger partial charge is 0.231 e. The Morgan fingerprint density at radius 1 is 0.864 bits per heavy atom. The Hall–Kier alpha value is -1.47. The Morgan fingerprint density at radius 3 is 2.00 bits per heavy atom. The molecule has 1 aromatic carbocycles. The van der Waals surface area contributed by atoms with Gasteiger partial charge in [-0.1, -0.05) is 35.3 Å². The van der Waals surface area contributed by atoms with Crippen molar-refractivity contribution in [2.24, 2.45) is 0 Å². The molecule has 118 valence electrons. The molecule has 0 atom stereocenters. The van der Waals surface area contributed by atoms with Crippen molar-refractivity contribution in [2.75, 3.05) is 0 Å². The van der Waals surface area contributed by atoms with Crippen molar-refractivity contribution in [2.45, 2.75) is 12.4 Å². The first-order valence-electron chi connectivity index (χ1n) is 5.61. The summed E-state index contributed by atoms with van der Waals surface area (Å²) in [5.41, 5.74) is -2.57.